The third-order valence-electron chi connectivity index (χ3n) is 2.98. The zero-order chi connectivity index (χ0) is 17.7. The van der Waals surface area contributed by atoms with E-state index in [9.17, 15) is 19.5 Å². The molecule has 0 bridgehead atoms. The van der Waals surface area contributed by atoms with Crippen molar-refractivity contribution >= 4 is 17.9 Å². The summed E-state index contributed by atoms with van der Waals surface area (Å²) in [5, 5.41) is 27.1. The van der Waals surface area contributed by atoms with Crippen LogP contribution in [0.25, 0.3) is 0 Å². The summed E-state index contributed by atoms with van der Waals surface area (Å²) in [7, 11) is 0. The lowest BCUT2D eigenvalue weighted by Gasteiger charge is -2.13. The van der Waals surface area contributed by atoms with Crippen LogP contribution in [-0.2, 0) is 23.9 Å². The van der Waals surface area contributed by atoms with Crippen molar-refractivity contribution in [3.63, 3.8) is 0 Å². The van der Waals surface area contributed by atoms with Gasteiger partial charge in [0.1, 0.15) is 19.3 Å². The number of hydrogen-bond acceptors (Lipinski definition) is 7. The highest BCUT2D eigenvalue weighted by molar-refractivity contribution is 5.80. The fourth-order valence-corrected chi connectivity index (χ4v) is 1.71. The van der Waals surface area contributed by atoms with Crippen molar-refractivity contribution in [1.29, 1.82) is 0 Å². The number of hydrogen-bond donors (Lipinski definition) is 3. The summed E-state index contributed by atoms with van der Waals surface area (Å²) < 4.78 is 9.36. The van der Waals surface area contributed by atoms with Crippen molar-refractivity contribution in [2.75, 3.05) is 13.2 Å². The molecule has 0 aromatic rings. The highest BCUT2D eigenvalue weighted by Crippen LogP contribution is 2.06. The lowest BCUT2D eigenvalue weighted by molar-refractivity contribution is -0.162. The van der Waals surface area contributed by atoms with E-state index in [0.29, 0.717) is 0 Å². The third kappa shape index (κ3) is 12.5. The fourth-order valence-electron chi connectivity index (χ4n) is 1.71. The predicted molar refractivity (Wildman–Crippen MR) is 79.6 cm³/mol. The molecule has 0 amide bonds. The number of aliphatic hydroxyl groups excluding tert-OH is 2. The smallest absolute Gasteiger partial charge is 0.335 e. The Hall–Kier alpha value is -1.67. The zero-order valence-corrected chi connectivity index (χ0v) is 13.4. The first-order valence-electron chi connectivity index (χ1n) is 7.77. The molecule has 8 heteroatoms. The summed E-state index contributed by atoms with van der Waals surface area (Å²) in [6.45, 7) is 1.29. The Morgan fingerprint density at radius 3 is 2.17 bits per heavy atom. The number of rotatable bonds is 13. The van der Waals surface area contributed by atoms with Crippen LogP contribution >= 0.6 is 0 Å². The van der Waals surface area contributed by atoms with Crippen molar-refractivity contribution in [1.82, 2.24) is 0 Å². The van der Waals surface area contributed by atoms with Crippen LogP contribution in [0.2, 0.25) is 0 Å². The maximum absolute atomic E-state index is 11.4. The topological polar surface area (TPSA) is 130 Å². The lowest BCUT2D eigenvalue weighted by atomic mass is 10.1. The highest BCUT2D eigenvalue weighted by Gasteiger charge is 2.21. The van der Waals surface area contributed by atoms with Crippen LogP contribution in [0.4, 0.5) is 0 Å². The summed E-state index contributed by atoms with van der Waals surface area (Å²) in [5.41, 5.74) is 0. The second-order valence-electron chi connectivity index (χ2n) is 5.24. The zero-order valence-electron chi connectivity index (χ0n) is 13.4. The van der Waals surface area contributed by atoms with E-state index in [0.717, 1.165) is 32.1 Å². The van der Waals surface area contributed by atoms with Gasteiger partial charge in [0, 0.05) is 6.42 Å². The molecular formula is C15H26O8. The van der Waals surface area contributed by atoms with Gasteiger partial charge < -0.3 is 24.8 Å². The number of esters is 2. The van der Waals surface area contributed by atoms with Gasteiger partial charge in [0.15, 0.2) is 6.10 Å². The van der Waals surface area contributed by atoms with Crippen LogP contribution in [0.5, 0.6) is 0 Å². The molecule has 1 unspecified atom stereocenters. The van der Waals surface area contributed by atoms with E-state index in [1.165, 1.54) is 0 Å². The molecule has 134 valence electrons. The van der Waals surface area contributed by atoms with Crippen LogP contribution in [0.15, 0.2) is 0 Å². The lowest BCUT2D eigenvalue weighted by Crippen LogP contribution is -2.31. The predicted octanol–water partition coefficient (Wildman–Crippen LogP) is 0.630. The minimum absolute atomic E-state index is 0.271. The van der Waals surface area contributed by atoms with Gasteiger partial charge >= 0.3 is 17.9 Å². The molecule has 2 atom stereocenters. The van der Waals surface area contributed by atoms with E-state index in [-0.39, 0.29) is 13.0 Å². The fraction of sp³-hybridized carbons (Fsp3) is 0.800. The van der Waals surface area contributed by atoms with Crippen LogP contribution in [0.1, 0.15) is 51.9 Å². The number of aliphatic hydroxyl groups is 2. The molecule has 0 saturated carbocycles. The number of carboxylic acid groups (broad SMARTS) is 1. The summed E-state index contributed by atoms with van der Waals surface area (Å²) in [4.78, 5) is 32.9. The van der Waals surface area contributed by atoms with Crippen molar-refractivity contribution in [3.8, 4) is 0 Å². The van der Waals surface area contributed by atoms with Gasteiger partial charge in [-0.25, -0.2) is 4.79 Å². The molecule has 0 heterocycles. The molecule has 0 spiro atoms. The molecule has 0 radical (unpaired) electrons. The molecule has 0 aromatic carbocycles. The molecular weight excluding hydrogens is 308 g/mol. The molecule has 0 aromatic heterocycles. The Morgan fingerprint density at radius 1 is 0.957 bits per heavy atom. The second-order valence-corrected chi connectivity index (χ2v) is 5.24. The Bertz CT molecular complexity index is 368. The Morgan fingerprint density at radius 2 is 1.57 bits per heavy atom. The molecule has 3 N–H and O–H groups in total. The van der Waals surface area contributed by atoms with Crippen LogP contribution in [0.3, 0.4) is 0 Å². The Labute approximate surface area is 135 Å². The van der Waals surface area contributed by atoms with Crippen molar-refractivity contribution in [2.45, 2.75) is 64.1 Å². The standard InChI is InChI=1S/C15H26O8/c1-2-3-4-5-6-7-14(20)22-9-11(16)10-23-15(21)12(17)8-13(18)19/h11-12,16-17H,2-10H2,1H3,(H,18,19)/t11?,12-/m0/s1. The second kappa shape index (κ2) is 12.8. The van der Waals surface area contributed by atoms with E-state index in [1.54, 1.807) is 0 Å². The molecule has 23 heavy (non-hydrogen) atoms. The number of ether oxygens (including phenoxy) is 2. The maximum Gasteiger partial charge on any atom is 0.335 e. The first-order valence-corrected chi connectivity index (χ1v) is 7.77. The van der Waals surface area contributed by atoms with Crippen molar-refractivity contribution in [2.24, 2.45) is 0 Å². The van der Waals surface area contributed by atoms with Gasteiger partial charge in [0.2, 0.25) is 0 Å². The van der Waals surface area contributed by atoms with Crippen LogP contribution in [0, 0.1) is 0 Å². The number of carbonyl (C=O) groups is 3. The van der Waals surface area contributed by atoms with E-state index in [4.69, 9.17) is 14.9 Å². The van der Waals surface area contributed by atoms with Gasteiger partial charge in [-0.1, -0.05) is 32.6 Å². The van der Waals surface area contributed by atoms with Crippen LogP contribution < -0.4 is 0 Å². The average Bonchev–Trinajstić information content (AvgIpc) is 2.49. The largest absolute Gasteiger partial charge is 0.481 e. The first-order chi connectivity index (χ1) is 10.9. The van der Waals surface area contributed by atoms with Gasteiger partial charge in [-0.3, -0.25) is 9.59 Å². The number of unbranched alkanes of at least 4 members (excludes halogenated alkanes) is 4. The Balaban J connectivity index is 3.73. The quantitative estimate of drug-likeness (QED) is 0.330. The maximum atomic E-state index is 11.4. The van der Waals surface area contributed by atoms with E-state index >= 15 is 0 Å². The van der Waals surface area contributed by atoms with Gasteiger partial charge in [-0.05, 0) is 6.42 Å². The van der Waals surface area contributed by atoms with E-state index < -0.39 is 43.1 Å². The van der Waals surface area contributed by atoms with Crippen LogP contribution in [-0.4, -0.2) is 58.6 Å². The minimum Gasteiger partial charge on any atom is -0.481 e. The summed E-state index contributed by atoms with van der Waals surface area (Å²) in [6.07, 6.45) is 1.49. The highest BCUT2D eigenvalue weighted by atomic mass is 16.6. The van der Waals surface area contributed by atoms with Crippen molar-refractivity contribution in [3.05, 3.63) is 0 Å². The number of carbonyl (C=O) groups excluding carboxylic acids is 2. The van der Waals surface area contributed by atoms with E-state index in [2.05, 4.69) is 11.7 Å². The molecule has 8 nitrogen and oxygen atoms in total. The average molecular weight is 334 g/mol. The minimum atomic E-state index is -1.79. The van der Waals surface area contributed by atoms with Gasteiger partial charge in [0.05, 0.1) is 6.42 Å². The van der Waals surface area contributed by atoms with Gasteiger partial charge in [-0.2, -0.15) is 0 Å². The monoisotopic (exact) mass is 334 g/mol. The summed E-state index contributed by atoms with van der Waals surface area (Å²) in [6, 6.07) is 0. The molecule has 0 aliphatic heterocycles. The van der Waals surface area contributed by atoms with Crippen molar-refractivity contribution < 1.29 is 39.2 Å². The first kappa shape index (κ1) is 21.3. The normalized spacial score (nSPS) is 13.2. The molecule has 0 aliphatic rings. The van der Waals surface area contributed by atoms with E-state index in [1.807, 2.05) is 0 Å². The van der Waals surface area contributed by atoms with Gasteiger partial charge in [-0.15, -0.1) is 0 Å². The number of aliphatic carboxylic acids is 1. The SMILES string of the molecule is CCCCCCCC(=O)OCC(O)COC(=O)[C@@H](O)CC(=O)O. The molecule has 0 fully saturated rings. The third-order valence-corrected chi connectivity index (χ3v) is 2.98. The Kier molecular flexibility index (Phi) is 11.9. The summed E-state index contributed by atoms with van der Waals surface area (Å²) in [5.74, 6) is -2.92. The molecule has 0 aliphatic carbocycles. The number of carboxylic acids is 1. The molecule has 0 rings (SSSR count). The van der Waals surface area contributed by atoms with Gasteiger partial charge in [0.25, 0.3) is 0 Å². The molecule has 0 saturated heterocycles. The summed E-state index contributed by atoms with van der Waals surface area (Å²) >= 11 is 0.